The molecule has 4 heterocycles. The number of H-pyrrole nitrogens is 2. The van der Waals surface area contributed by atoms with Gasteiger partial charge in [-0.3, -0.25) is 28.7 Å². The van der Waals surface area contributed by atoms with Crippen LogP contribution in [-0.4, -0.2) is 19.1 Å². The van der Waals surface area contributed by atoms with Crippen LogP contribution in [0.4, 0.5) is 0 Å². The molecule has 2 aromatic heterocycles. The Morgan fingerprint density at radius 3 is 1.42 bits per heavy atom. The van der Waals surface area contributed by atoms with Crippen LogP contribution in [0.5, 0.6) is 0 Å². The molecule has 0 atom stereocenters. The van der Waals surface area contributed by atoms with E-state index in [9.17, 15) is 19.2 Å². The standard InChI is InChI=1S/C12H8N4O4S4/c1-15-7-3(5(17)13-11(15)19)21-9(23-7)10-22-4-6(18)14-12(20)16(2)8(4)24-10/h1-2H3,(H,13,17,19)(H,14,18,20)/b10-9+. The van der Waals surface area contributed by atoms with Crippen molar-refractivity contribution < 1.29 is 0 Å². The van der Waals surface area contributed by atoms with Crippen molar-refractivity contribution in [3.05, 3.63) is 50.2 Å². The van der Waals surface area contributed by atoms with Crippen LogP contribution in [-0.2, 0) is 14.1 Å². The van der Waals surface area contributed by atoms with Gasteiger partial charge in [0.15, 0.2) is 0 Å². The number of aromatic nitrogens is 4. The van der Waals surface area contributed by atoms with E-state index in [4.69, 9.17) is 0 Å². The predicted octanol–water partition coefficient (Wildman–Crippen LogP) is 0.683. The Morgan fingerprint density at radius 1 is 0.667 bits per heavy atom. The van der Waals surface area contributed by atoms with Gasteiger partial charge in [-0.25, -0.2) is 9.59 Å². The Hall–Kier alpha value is -1.50. The van der Waals surface area contributed by atoms with E-state index in [0.29, 0.717) is 19.8 Å². The van der Waals surface area contributed by atoms with Crippen LogP contribution in [0.2, 0.25) is 0 Å². The summed E-state index contributed by atoms with van der Waals surface area (Å²) in [5.41, 5.74) is -1.77. The molecule has 0 saturated heterocycles. The highest BCUT2D eigenvalue weighted by atomic mass is 32.2. The number of hydrogen-bond donors (Lipinski definition) is 2. The monoisotopic (exact) mass is 400 g/mol. The van der Waals surface area contributed by atoms with Gasteiger partial charge in [-0.1, -0.05) is 47.0 Å². The smallest absolute Gasteiger partial charge is 0.290 e. The molecule has 0 saturated carbocycles. The fourth-order valence-corrected chi connectivity index (χ4v) is 7.55. The molecule has 2 aliphatic heterocycles. The van der Waals surface area contributed by atoms with Crippen molar-refractivity contribution in [3.8, 4) is 0 Å². The van der Waals surface area contributed by atoms with E-state index in [1.165, 1.54) is 56.2 Å². The number of hydrogen-bond acceptors (Lipinski definition) is 8. The summed E-state index contributed by atoms with van der Waals surface area (Å²) in [6.45, 7) is 0. The third-order valence-corrected chi connectivity index (χ3v) is 9.24. The molecule has 2 N–H and O–H groups in total. The number of nitrogens with zero attached hydrogens (tertiary/aromatic N) is 2. The molecule has 0 aliphatic carbocycles. The molecule has 8 nitrogen and oxygen atoms in total. The third-order valence-electron chi connectivity index (χ3n) is 3.40. The van der Waals surface area contributed by atoms with Gasteiger partial charge in [0, 0.05) is 14.1 Å². The van der Waals surface area contributed by atoms with Crippen molar-refractivity contribution in [2.45, 2.75) is 19.8 Å². The fraction of sp³-hybridized carbons (Fsp3) is 0.167. The molecule has 0 aromatic carbocycles. The summed E-state index contributed by atoms with van der Waals surface area (Å²) >= 11 is 5.17. The summed E-state index contributed by atoms with van der Waals surface area (Å²) < 4.78 is 4.41. The van der Waals surface area contributed by atoms with Crippen molar-refractivity contribution in [2.24, 2.45) is 14.1 Å². The van der Waals surface area contributed by atoms with Crippen LogP contribution in [0.25, 0.3) is 0 Å². The first-order valence-corrected chi connectivity index (χ1v) is 9.75. The molecule has 124 valence electrons. The van der Waals surface area contributed by atoms with Crippen LogP contribution in [0, 0.1) is 0 Å². The van der Waals surface area contributed by atoms with Gasteiger partial charge in [-0.2, -0.15) is 0 Å². The highest BCUT2D eigenvalue weighted by Gasteiger charge is 2.32. The molecule has 0 bridgehead atoms. The summed E-state index contributed by atoms with van der Waals surface area (Å²) in [7, 11) is 3.19. The molecule has 0 unspecified atom stereocenters. The Balaban J connectivity index is 1.82. The third kappa shape index (κ3) is 2.28. The van der Waals surface area contributed by atoms with Crippen LogP contribution in [0.15, 0.2) is 47.5 Å². The summed E-state index contributed by atoms with van der Waals surface area (Å²) in [4.78, 5) is 52.8. The normalized spacial score (nSPS) is 18.8. The van der Waals surface area contributed by atoms with Gasteiger partial charge >= 0.3 is 11.4 Å². The Bertz CT molecular complexity index is 1080. The number of thioether (sulfide) groups is 4. The molecule has 4 rings (SSSR count). The predicted molar refractivity (Wildman–Crippen MR) is 95.1 cm³/mol. The van der Waals surface area contributed by atoms with Gasteiger partial charge in [0.2, 0.25) is 0 Å². The lowest BCUT2D eigenvalue weighted by atomic mass is 10.6. The molecule has 0 spiro atoms. The second-order valence-electron chi connectivity index (χ2n) is 4.89. The maximum Gasteiger partial charge on any atom is 0.328 e. The molecule has 0 amide bonds. The zero-order valence-corrected chi connectivity index (χ0v) is 15.4. The Kier molecular flexibility index (Phi) is 3.67. The van der Waals surface area contributed by atoms with Crippen molar-refractivity contribution in [1.29, 1.82) is 0 Å². The number of nitrogens with one attached hydrogen (secondary N) is 2. The van der Waals surface area contributed by atoms with Gasteiger partial charge in [-0.15, -0.1) is 0 Å². The highest BCUT2D eigenvalue weighted by Crippen LogP contribution is 2.59. The van der Waals surface area contributed by atoms with Crippen LogP contribution < -0.4 is 22.5 Å². The molecular weight excluding hydrogens is 392 g/mol. The van der Waals surface area contributed by atoms with Gasteiger partial charge in [0.05, 0.1) is 8.47 Å². The minimum absolute atomic E-state index is 0.419. The van der Waals surface area contributed by atoms with E-state index in [1.54, 1.807) is 14.1 Å². The number of fused-ring (bicyclic) bond motifs is 2. The van der Waals surface area contributed by atoms with Crippen molar-refractivity contribution >= 4 is 47.0 Å². The van der Waals surface area contributed by atoms with E-state index in [0.717, 1.165) is 8.47 Å². The number of rotatable bonds is 0. The van der Waals surface area contributed by atoms with E-state index >= 15 is 0 Å². The van der Waals surface area contributed by atoms with E-state index in [1.807, 2.05) is 0 Å². The number of aromatic amines is 2. The maximum atomic E-state index is 12.0. The van der Waals surface area contributed by atoms with E-state index in [-0.39, 0.29) is 0 Å². The van der Waals surface area contributed by atoms with Gasteiger partial charge in [0.1, 0.15) is 19.8 Å². The average Bonchev–Trinajstić information content (AvgIpc) is 3.15. The molecular formula is C12H8N4O4S4. The molecule has 2 aromatic rings. The maximum absolute atomic E-state index is 12.0. The molecule has 12 heteroatoms. The van der Waals surface area contributed by atoms with Gasteiger partial charge < -0.3 is 0 Å². The molecule has 0 radical (unpaired) electrons. The van der Waals surface area contributed by atoms with E-state index < -0.39 is 22.5 Å². The second kappa shape index (κ2) is 5.51. The average molecular weight is 400 g/mol. The lowest BCUT2D eigenvalue weighted by Crippen LogP contribution is -2.29. The zero-order chi connectivity index (χ0) is 17.2. The summed E-state index contributed by atoms with van der Waals surface area (Å²) in [5, 5.41) is 1.16. The molecule has 0 fully saturated rings. The minimum Gasteiger partial charge on any atom is -0.290 e. The van der Waals surface area contributed by atoms with Crippen LogP contribution >= 0.6 is 47.0 Å². The lowest BCUT2D eigenvalue weighted by molar-refractivity contribution is 0.683. The first-order valence-electron chi connectivity index (χ1n) is 6.49. The van der Waals surface area contributed by atoms with E-state index in [2.05, 4.69) is 9.97 Å². The Morgan fingerprint density at radius 2 is 1.04 bits per heavy atom. The van der Waals surface area contributed by atoms with Crippen molar-refractivity contribution in [1.82, 2.24) is 19.1 Å². The van der Waals surface area contributed by atoms with Crippen LogP contribution in [0.1, 0.15) is 0 Å². The SMILES string of the molecule is Cn1c2c(c(=O)[nH]c1=O)S/C(=C1/Sc3c(n(C)c(=O)[nH]c3=O)S1)S2. The van der Waals surface area contributed by atoms with Gasteiger partial charge in [-0.05, 0) is 0 Å². The summed E-state index contributed by atoms with van der Waals surface area (Å²) in [6, 6.07) is 0. The minimum atomic E-state index is -0.466. The van der Waals surface area contributed by atoms with Crippen molar-refractivity contribution in [3.63, 3.8) is 0 Å². The second-order valence-corrected chi connectivity index (χ2v) is 9.44. The van der Waals surface area contributed by atoms with Gasteiger partial charge in [0.25, 0.3) is 11.1 Å². The highest BCUT2D eigenvalue weighted by molar-refractivity contribution is 8.30. The quantitative estimate of drug-likeness (QED) is 0.622. The van der Waals surface area contributed by atoms with Crippen LogP contribution in [0.3, 0.4) is 0 Å². The zero-order valence-electron chi connectivity index (χ0n) is 12.2. The summed E-state index contributed by atoms with van der Waals surface area (Å²) in [5.74, 6) is 0. The fourth-order valence-electron chi connectivity index (χ4n) is 2.14. The topological polar surface area (TPSA) is 110 Å². The van der Waals surface area contributed by atoms with Crippen molar-refractivity contribution in [2.75, 3.05) is 0 Å². The first kappa shape index (κ1) is 16.0. The largest absolute Gasteiger partial charge is 0.328 e. The molecule has 24 heavy (non-hydrogen) atoms. The lowest BCUT2D eigenvalue weighted by Gasteiger charge is -2.02. The first-order chi connectivity index (χ1) is 11.4. The summed E-state index contributed by atoms with van der Waals surface area (Å²) in [6.07, 6.45) is 0. The Labute approximate surface area is 150 Å². The molecule has 2 aliphatic rings.